The first-order valence-electron chi connectivity index (χ1n) is 8.50. The van der Waals surface area contributed by atoms with Crippen molar-refractivity contribution in [2.75, 3.05) is 7.05 Å². The lowest BCUT2D eigenvalue weighted by Crippen LogP contribution is -2.18. The fourth-order valence-corrected chi connectivity index (χ4v) is 3.52. The topological polar surface area (TPSA) is 54.7 Å². The minimum Gasteiger partial charge on any atom is -0.357 e. The standard InChI is InChI=1S/C19H21FN6/c1-13-6-16(14(2)26(13)25-11-21-22-12-25)9-24(3)10-18-8-15-7-17(20)4-5-19(15)23-18/h4-8,11-12,23H,9-10H2,1-3H3. The molecule has 0 fully saturated rings. The smallest absolute Gasteiger partial charge is 0.139 e. The summed E-state index contributed by atoms with van der Waals surface area (Å²) in [6.45, 7) is 5.74. The van der Waals surface area contributed by atoms with Gasteiger partial charge in [0.15, 0.2) is 0 Å². The number of H-pyrrole nitrogens is 1. The van der Waals surface area contributed by atoms with E-state index in [-0.39, 0.29) is 5.82 Å². The van der Waals surface area contributed by atoms with Gasteiger partial charge in [-0.2, -0.15) is 0 Å². The van der Waals surface area contributed by atoms with Gasteiger partial charge < -0.3 is 4.98 Å². The average Bonchev–Trinajstić information content (AvgIpc) is 3.28. The van der Waals surface area contributed by atoms with Crippen molar-refractivity contribution in [1.29, 1.82) is 0 Å². The van der Waals surface area contributed by atoms with E-state index < -0.39 is 0 Å². The van der Waals surface area contributed by atoms with Gasteiger partial charge >= 0.3 is 0 Å². The zero-order chi connectivity index (χ0) is 18.3. The molecule has 0 saturated carbocycles. The monoisotopic (exact) mass is 352 g/mol. The summed E-state index contributed by atoms with van der Waals surface area (Å²) >= 11 is 0. The Labute approximate surface area is 150 Å². The average molecular weight is 352 g/mol. The van der Waals surface area contributed by atoms with Gasteiger partial charge in [0.25, 0.3) is 0 Å². The second-order valence-corrected chi connectivity index (χ2v) is 6.75. The number of fused-ring (bicyclic) bond motifs is 1. The molecule has 0 saturated heterocycles. The van der Waals surface area contributed by atoms with E-state index in [1.54, 1.807) is 24.8 Å². The molecule has 0 amide bonds. The first kappa shape index (κ1) is 16.5. The first-order valence-corrected chi connectivity index (χ1v) is 8.50. The molecule has 6 nitrogen and oxygen atoms in total. The fourth-order valence-electron chi connectivity index (χ4n) is 3.52. The van der Waals surface area contributed by atoms with E-state index in [1.165, 1.54) is 11.6 Å². The molecule has 4 rings (SSSR count). The Balaban J connectivity index is 1.52. The van der Waals surface area contributed by atoms with Crippen LogP contribution in [0.4, 0.5) is 4.39 Å². The van der Waals surface area contributed by atoms with E-state index in [4.69, 9.17) is 0 Å². The summed E-state index contributed by atoms with van der Waals surface area (Å²) in [5.41, 5.74) is 5.57. The van der Waals surface area contributed by atoms with Gasteiger partial charge in [-0.3, -0.25) is 9.58 Å². The van der Waals surface area contributed by atoms with E-state index in [0.717, 1.165) is 41.1 Å². The maximum absolute atomic E-state index is 13.4. The van der Waals surface area contributed by atoms with Gasteiger partial charge in [-0.05, 0) is 56.8 Å². The molecule has 1 aromatic carbocycles. The van der Waals surface area contributed by atoms with Gasteiger partial charge in [-0.25, -0.2) is 9.07 Å². The Kier molecular flexibility index (Phi) is 4.08. The van der Waals surface area contributed by atoms with Crippen LogP contribution in [0.1, 0.15) is 22.6 Å². The van der Waals surface area contributed by atoms with Crippen molar-refractivity contribution in [2.24, 2.45) is 0 Å². The van der Waals surface area contributed by atoms with Crippen molar-refractivity contribution in [3.63, 3.8) is 0 Å². The molecule has 134 valence electrons. The Morgan fingerprint density at radius 1 is 1.08 bits per heavy atom. The molecule has 3 aromatic heterocycles. The molecule has 0 spiro atoms. The van der Waals surface area contributed by atoms with Gasteiger partial charge in [0.1, 0.15) is 18.5 Å². The third kappa shape index (κ3) is 3.01. The zero-order valence-corrected chi connectivity index (χ0v) is 15.1. The maximum Gasteiger partial charge on any atom is 0.139 e. The molecule has 0 bridgehead atoms. The second kappa shape index (κ2) is 6.42. The van der Waals surface area contributed by atoms with Gasteiger partial charge in [0.05, 0.1) is 0 Å². The van der Waals surface area contributed by atoms with Crippen molar-refractivity contribution in [2.45, 2.75) is 26.9 Å². The zero-order valence-electron chi connectivity index (χ0n) is 15.1. The van der Waals surface area contributed by atoms with E-state index in [1.807, 2.05) is 10.7 Å². The normalized spacial score (nSPS) is 11.7. The van der Waals surface area contributed by atoms with E-state index in [0.29, 0.717) is 0 Å². The van der Waals surface area contributed by atoms with Gasteiger partial charge in [0.2, 0.25) is 0 Å². The lowest BCUT2D eigenvalue weighted by atomic mass is 10.2. The molecule has 0 aliphatic rings. The molecular formula is C19H21FN6. The molecule has 0 atom stereocenters. The number of hydrogen-bond acceptors (Lipinski definition) is 3. The molecule has 26 heavy (non-hydrogen) atoms. The van der Waals surface area contributed by atoms with Crippen molar-refractivity contribution in [3.8, 4) is 0 Å². The summed E-state index contributed by atoms with van der Waals surface area (Å²) < 4.78 is 17.3. The van der Waals surface area contributed by atoms with Crippen LogP contribution in [0, 0.1) is 19.7 Å². The third-order valence-electron chi connectivity index (χ3n) is 4.66. The Morgan fingerprint density at radius 2 is 1.85 bits per heavy atom. The van der Waals surface area contributed by atoms with Crippen LogP contribution in [-0.4, -0.2) is 36.5 Å². The Hall–Kier alpha value is -2.93. The molecular weight excluding hydrogens is 331 g/mol. The summed E-state index contributed by atoms with van der Waals surface area (Å²) in [4.78, 5) is 5.59. The Morgan fingerprint density at radius 3 is 2.62 bits per heavy atom. The van der Waals surface area contributed by atoms with E-state index in [2.05, 4.69) is 51.7 Å². The second-order valence-electron chi connectivity index (χ2n) is 6.75. The first-order chi connectivity index (χ1) is 12.5. The number of aromatic nitrogens is 5. The summed E-state index contributed by atoms with van der Waals surface area (Å²) in [6, 6.07) is 9.01. The highest BCUT2D eigenvalue weighted by Gasteiger charge is 2.13. The molecule has 1 N–H and O–H groups in total. The highest BCUT2D eigenvalue weighted by atomic mass is 19.1. The van der Waals surface area contributed by atoms with Crippen LogP contribution in [-0.2, 0) is 13.1 Å². The van der Waals surface area contributed by atoms with Crippen molar-refractivity contribution in [3.05, 3.63) is 71.4 Å². The minimum atomic E-state index is -0.210. The van der Waals surface area contributed by atoms with Gasteiger partial charge in [0, 0.05) is 41.1 Å². The number of aromatic amines is 1. The van der Waals surface area contributed by atoms with Crippen LogP contribution in [0.3, 0.4) is 0 Å². The van der Waals surface area contributed by atoms with Crippen LogP contribution in [0.2, 0.25) is 0 Å². The number of benzene rings is 1. The highest BCUT2D eigenvalue weighted by molar-refractivity contribution is 5.80. The van der Waals surface area contributed by atoms with Crippen molar-refractivity contribution < 1.29 is 4.39 Å². The number of aryl methyl sites for hydroxylation is 1. The van der Waals surface area contributed by atoms with Crippen LogP contribution in [0.15, 0.2) is 43.0 Å². The maximum atomic E-state index is 13.4. The Bertz CT molecular complexity index is 1040. The number of halogens is 1. The number of rotatable bonds is 5. The quantitative estimate of drug-likeness (QED) is 0.600. The minimum absolute atomic E-state index is 0.210. The van der Waals surface area contributed by atoms with Crippen molar-refractivity contribution >= 4 is 10.9 Å². The summed E-state index contributed by atoms with van der Waals surface area (Å²) in [6.07, 6.45) is 3.38. The molecule has 3 heterocycles. The van der Waals surface area contributed by atoms with Gasteiger partial charge in [-0.1, -0.05) is 0 Å². The lowest BCUT2D eigenvalue weighted by Gasteiger charge is -2.16. The molecule has 0 aliphatic heterocycles. The van der Waals surface area contributed by atoms with Crippen LogP contribution in [0.25, 0.3) is 10.9 Å². The van der Waals surface area contributed by atoms with Crippen LogP contribution in [0.5, 0.6) is 0 Å². The SMILES string of the molecule is Cc1cc(CN(C)Cc2cc3cc(F)ccc3[nH]2)c(C)n1-n1cnnc1. The lowest BCUT2D eigenvalue weighted by molar-refractivity contribution is 0.315. The predicted octanol–water partition coefficient (Wildman–Crippen LogP) is 3.26. The van der Waals surface area contributed by atoms with Gasteiger partial charge in [-0.15, -0.1) is 10.2 Å². The third-order valence-corrected chi connectivity index (χ3v) is 4.66. The largest absolute Gasteiger partial charge is 0.357 e. The molecule has 0 unspecified atom stereocenters. The number of hydrogen-bond donors (Lipinski definition) is 1. The molecule has 7 heteroatoms. The van der Waals surface area contributed by atoms with E-state index in [9.17, 15) is 4.39 Å². The predicted molar refractivity (Wildman–Crippen MR) is 98.2 cm³/mol. The summed E-state index contributed by atoms with van der Waals surface area (Å²) in [5, 5.41) is 8.67. The number of nitrogens with one attached hydrogen (secondary N) is 1. The molecule has 0 radical (unpaired) electrons. The van der Waals surface area contributed by atoms with Crippen LogP contribution >= 0.6 is 0 Å². The molecule has 0 aliphatic carbocycles. The summed E-state index contributed by atoms with van der Waals surface area (Å²) in [5.74, 6) is -0.210. The van der Waals surface area contributed by atoms with Crippen LogP contribution < -0.4 is 0 Å². The fraction of sp³-hybridized carbons (Fsp3) is 0.263. The molecule has 4 aromatic rings. The highest BCUT2D eigenvalue weighted by Crippen LogP contribution is 2.20. The summed E-state index contributed by atoms with van der Waals surface area (Å²) in [7, 11) is 2.08. The van der Waals surface area contributed by atoms with E-state index >= 15 is 0 Å². The van der Waals surface area contributed by atoms with Crippen molar-refractivity contribution in [1.82, 2.24) is 29.4 Å². The number of nitrogens with zero attached hydrogens (tertiary/aromatic N) is 5.